The molecule has 0 saturated heterocycles. The first-order valence-corrected chi connectivity index (χ1v) is 8.52. The Balaban J connectivity index is 2.10. The van der Waals surface area contributed by atoms with Gasteiger partial charge in [-0.25, -0.2) is 0 Å². The molecule has 2 aromatic rings. The van der Waals surface area contributed by atoms with Gasteiger partial charge < -0.3 is 14.9 Å². The summed E-state index contributed by atoms with van der Waals surface area (Å²) in [6, 6.07) is 10.5. The average Bonchev–Trinajstić information content (AvgIpc) is 2.54. The molecule has 1 heterocycles. The van der Waals surface area contributed by atoms with E-state index in [1.807, 2.05) is 44.2 Å². The van der Waals surface area contributed by atoms with Crippen LogP contribution in [0.1, 0.15) is 35.3 Å². The molecule has 0 spiro atoms. The summed E-state index contributed by atoms with van der Waals surface area (Å²) in [7, 11) is 0. The molecule has 4 nitrogen and oxygen atoms in total. The van der Waals surface area contributed by atoms with Crippen LogP contribution in [-0.4, -0.2) is 21.6 Å². The van der Waals surface area contributed by atoms with Crippen molar-refractivity contribution in [2.24, 2.45) is 0 Å². The number of halogens is 1. The van der Waals surface area contributed by atoms with Crippen LogP contribution in [0.3, 0.4) is 0 Å². The fourth-order valence-corrected chi connectivity index (χ4v) is 3.06. The molecule has 1 aliphatic heterocycles. The fraction of sp³-hybridized carbons (Fsp3) is 0.150. The summed E-state index contributed by atoms with van der Waals surface area (Å²) in [6.45, 7) is 3.66. The number of ketones is 1. The number of carbonyl (C=O) groups excluding carboxylic acids is 1. The Morgan fingerprint density at radius 1 is 1.16 bits per heavy atom. The molecule has 0 aliphatic carbocycles. The minimum absolute atomic E-state index is 0.0179. The first-order chi connectivity index (χ1) is 11.8. The van der Waals surface area contributed by atoms with Crippen molar-refractivity contribution in [3.8, 4) is 17.2 Å². The Bertz CT molecular complexity index is 896. The lowest BCUT2D eigenvalue weighted by Crippen LogP contribution is -2.28. The first kappa shape index (κ1) is 17.3. The normalized spacial score (nSPS) is 15.4. The molecular formula is C20H17BrO4. The summed E-state index contributed by atoms with van der Waals surface area (Å²) >= 11 is 3.29. The second-order valence-electron chi connectivity index (χ2n) is 6.30. The van der Waals surface area contributed by atoms with Crippen LogP contribution in [0.2, 0.25) is 0 Å². The number of carbonyl (C=O) groups is 1. The molecule has 2 N–H and O–H groups in total. The predicted octanol–water partition coefficient (Wildman–Crippen LogP) is 4.90. The number of hydrogen-bond donors (Lipinski definition) is 2. The fourth-order valence-electron chi connectivity index (χ4n) is 2.59. The van der Waals surface area contributed by atoms with Gasteiger partial charge in [0, 0.05) is 6.07 Å². The number of phenolic OH excluding ortho intramolecular Hbond substituents is 2. The zero-order valence-electron chi connectivity index (χ0n) is 13.8. The van der Waals surface area contributed by atoms with Crippen molar-refractivity contribution in [1.29, 1.82) is 0 Å². The van der Waals surface area contributed by atoms with Crippen LogP contribution >= 0.6 is 15.9 Å². The van der Waals surface area contributed by atoms with Gasteiger partial charge in [-0.15, -0.1) is 0 Å². The minimum Gasteiger partial charge on any atom is -0.507 e. The van der Waals surface area contributed by atoms with Crippen LogP contribution in [-0.2, 0) is 0 Å². The molecule has 0 aromatic heterocycles. The van der Waals surface area contributed by atoms with Crippen molar-refractivity contribution in [3.05, 3.63) is 63.6 Å². The highest BCUT2D eigenvalue weighted by Gasteiger charge is 2.31. The monoisotopic (exact) mass is 400 g/mol. The quantitative estimate of drug-likeness (QED) is 0.567. The molecule has 0 bridgehead atoms. The van der Waals surface area contributed by atoms with Crippen LogP contribution in [0.5, 0.6) is 17.2 Å². The molecule has 128 valence electrons. The van der Waals surface area contributed by atoms with E-state index in [-0.39, 0.29) is 27.3 Å². The van der Waals surface area contributed by atoms with Gasteiger partial charge in [-0.1, -0.05) is 30.3 Å². The lowest BCUT2D eigenvalue weighted by Gasteiger charge is -2.29. The van der Waals surface area contributed by atoms with Crippen molar-refractivity contribution in [2.45, 2.75) is 19.4 Å². The van der Waals surface area contributed by atoms with Crippen LogP contribution in [0.4, 0.5) is 0 Å². The van der Waals surface area contributed by atoms with Crippen LogP contribution < -0.4 is 4.74 Å². The maximum atomic E-state index is 12.9. The summed E-state index contributed by atoms with van der Waals surface area (Å²) < 4.78 is 6.13. The topological polar surface area (TPSA) is 66.8 Å². The lowest BCUT2D eigenvalue weighted by atomic mass is 9.96. The third-order valence-electron chi connectivity index (χ3n) is 3.83. The minimum atomic E-state index is -0.655. The Labute approximate surface area is 154 Å². The molecular weight excluding hydrogens is 384 g/mol. The summed E-state index contributed by atoms with van der Waals surface area (Å²) in [5, 5.41) is 20.3. The molecule has 0 atom stereocenters. The van der Waals surface area contributed by atoms with Gasteiger partial charge >= 0.3 is 0 Å². The van der Waals surface area contributed by atoms with Crippen molar-refractivity contribution in [3.63, 3.8) is 0 Å². The molecule has 0 saturated carbocycles. The number of benzene rings is 2. The molecule has 25 heavy (non-hydrogen) atoms. The van der Waals surface area contributed by atoms with E-state index in [9.17, 15) is 15.0 Å². The summed E-state index contributed by atoms with van der Waals surface area (Å²) in [5.41, 5.74) is 0.582. The number of fused-ring (bicyclic) bond motifs is 1. The predicted molar refractivity (Wildman–Crippen MR) is 101 cm³/mol. The maximum Gasteiger partial charge on any atom is 0.207 e. The second kappa shape index (κ2) is 6.41. The maximum absolute atomic E-state index is 12.9. The van der Waals surface area contributed by atoms with Gasteiger partial charge in [0.2, 0.25) is 5.78 Å². The highest BCUT2D eigenvalue weighted by Crippen LogP contribution is 2.44. The molecule has 0 radical (unpaired) electrons. The number of Topliss-reactive ketones (excluding diaryl/α,β-unsaturated/α-hetero) is 1. The van der Waals surface area contributed by atoms with Gasteiger partial charge in [0.1, 0.15) is 28.4 Å². The van der Waals surface area contributed by atoms with Crippen LogP contribution in [0.25, 0.3) is 12.2 Å². The van der Waals surface area contributed by atoms with Gasteiger partial charge in [-0.05, 0) is 53.6 Å². The van der Waals surface area contributed by atoms with Crippen molar-refractivity contribution in [2.75, 3.05) is 0 Å². The third-order valence-corrected chi connectivity index (χ3v) is 4.42. The Hall–Kier alpha value is -2.53. The van der Waals surface area contributed by atoms with E-state index in [1.54, 1.807) is 18.2 Å². The largest absolute Gasteiger partial charge is 0.507 e. The van der Waals surface area contributed by atoms with E-state index < -0.39 is 11.4 Å². The zero-order chi connectivity index (χ0) is 18.2. The molecule has 0 fully saturated rings. The molecule has 3 rings (SSSR count). The van der Waals surface area contributed by atoms with Gasteiger partial charge in [0.25, 0.3) is 0 Å². The number of allylic oxidation sites excluding steroid dienone is 1. The van der Waals surface area contributed by atoms with E-state index >= 15 is 0 Å². The zero-order valence-corrected chi connectivity index (χ0v) is 15.4. The molecule has 2 aromatic carbocycles. The Kier molecular flexibility index (Phi) is 4.43. The third kappa shape index (κ3) is 3.46. The Morgan fingerprint density at radius 3 is 2.52 bits per heavy atom. The summed E-state index contributed by atoms with van der Waals surface area (Å²) in [5.74, 6) is -0.721. The molecule has 1 aliphatic rings. The number of phenols is 2. The molecule has 5 heteroatoms. The highest BCUT2D eigenvalue weighted by molar-refractivity contribution is 9.12. The van der Waals surface area contributed by atoms with Gasteiger partial charge in [0.15, 0.2) is 0 Å². The lowest BCUT2D eigenvalue weighted by molar-refractivity contribution is 0.102. The highest BCUT2D eigenvalue weighted by atomic mass is 79.9. The van der Waals surface area contributed by atoms with Gasteiger partial charge in [0.05, 0.1) is 10.0 Å². The molecule has 0 amide bonds. The number of hydrogen-bond acceptors (Lipinski definition) is 4. The summed E-state index contributed by atoms with van der Waals surface area (Å²) in [4.78, 5) is 12.9. The van der Waals surface area contributed by atoms with Crippen molar-refractivity contribution in [1.82, 2.24) is 0 Å². The average molecular weight is 401 g/mol. The summed E-state index contributed by atoms with van der Waals surface area (Å²) in [6.07, 6.45) is 5.15. The van der Waals surface area contributed by atoms with E-state index in [0.29, 0.717) is 5.56 Å². The van der Waals surface area contributed by atoms with Crippen LogP contribution in [0, 0.1) is 0 Å². The standard InChI is InChI=1S/C20H17BrO4/c1-20(2)9-8-13-15(22)11-16(23)17(19(13)25-20)18(24)14(21)10-12-6-4-3-5-7-12/h3-11,22-23H,1-2H3/b14-10-. The number of rotatable bonds is 3. The molecule has 0 unspecified atom stereocenters. The van der Waals surface area contributed by atoms with Gasteiger partial charge in [-0.2, -0.15) is 0 Å². The van der Waals surface area contributed by atoms with E-state index in [1.165, 1.54) is 0 Å². The van der Waals surface area contributed by atoms with Crippen LogP contribution in [0.15, 0.2) is 47.0 Å². The van der Waals surface area contributed by atoms with Crippen molar-refractivity contribution >= 4 is 33.9 Å². The second-order valence-corrected chi connectivity index (χ2v) is 7.16. The number of aromatic hydroxyl groups is 2. The van der Waals surface area contributed by atoms with E-state index in [4.69, 9.17) is 4.74 Å². The van der Waals surface area contributed by atoms with Crippen molar-refractivity contribution < 1.29 is 19.7 Å². The SMILES string of the molecule is CC1(C)C=Cc2c(O)cc(O)c(C(=O)/C(Br)=C/c3ccccc3)c2O1. The smallest absolute Gasteiger partial charge is 0.207 e. The van der Waals surface area contributed by atoms with Gasteiger partial charge in [-0.3, -0.25) is 4.79 Å². The Morgan fingerprint density at radius 2 is 1.84 bits per heavy atom. The number of ether oxygens (including phenoxy) is 1. The van der Waals surface area contributed by atoms with E-state index in [2.05, 4.69) is 15.9 Å². The van der Waals surface area contributed by atoms with E-state index in [0.717, 1.165) is 11.6 Å². The first-order valence-electron chi connectivity index (χ1n) is 7.72.